The van der Waals surface area contributed by atoms with Crippen LogP contribution in [0.5, 0.6) is 0 Å². The van der Waals surface area contributed by atoms with Crippen LogP contribution in [0, 0.1) is 11.8 Å². The van der Waals surface area contributed by atoms with E-state index >= 15 is 0 Å². The van der Waals surface area contributed by atoms with Gasteiger partial charge in [-0.15, -0.1) is 12.4 Å². The molecule has 0 unspecified atom stereocenters. The van der Waals surface area contributed by atoms with Crippen LogP contribution in [-0.2, 0) is 9.53 Å². The van der Waals surface area contributed by atoms with Gasteiger partial charge in [0.2, 0.25) is 5.91 Å². The number of halogens is 1. The van der Waals surface area contributed by atoms with Gasteiger partial charge in [-0.1, -0.05) is 0 Å². The highest BCUT2D eigenvalue weighted by Crippen LogP contribution is 2.26. The SMILES string of the molecule is CCOCCCC(=O)N1C[C@H]2CNC[C@H]2C1.Cl. The summed E-state index contributed by atoms with van der Waals surface area (Å²) >= 11 is 0. The third-order valence-electron chi connectivity index (χ3n) is 3.63. The average molecular weight is 263 g/mol. The van der Waals surface area contributed by atoms with E-state index in [2.05, 4.69) is 5.32 Å². The van der Waals surface area contributed by atoms with Gasteiger partial charge in [-0.3, -0.25) is 4.79 Å². The first-order chi connectivity index (χ1) is 7.81. The Morgan fingerprint density at radius 1 is 1.35 bits per heavy atom. The predicted octanol–water partition coefficient (Wildman–Crippen LogP) is 0.903. The van der Waals surface area contributed by atoms with Gasteiger partial charge in [0, 0.05) is 45.8 Å². The van der Waals surface area contributed by atoms with Crippen LogP contribution in [0.25, 0.3) is 0 Å². The quantitative estimate of drug-likeness (QED) is 0.749. The fourth-order valence-electron chi connectivity index (χ4n) is 2.69. The van der Waals surface area contributed by atoms with Gasteiger partial charge < -0.3 is 15.0 Å². The lowest BCUT2D eigenvalue weighted by Gasteiger charge is -2.17. The summed E-state index contributed by atoms with van der Waals surface area (Å²) in [5.74, 6) is 1.72. The van der Waals surface area contributed by atoms with Crippen LogP contribution in [0.4, 0.5) is 0 Å². The van der Waals surface area contributed by atoms with Crippen molar-refractivity contribution in [3.63, 3.8) is 0 Å². The molecule has 2 heterocycles. The largest absolute Gasteiger partial charge is 0.382 e. The molecule has 0 spiro atoms. The number of rotatable bonds is 5. The van der Waals surface area contributed by atoms with E-state index in [0.29, 0.717) is 30.8 Å². The van der Waals surface area contributed by atoms with Crippen LogP contribution in [0.2, 0.25) is 0 Å². The third-order valence-corrected chi connectivity index (χ3v) is 3.63. The first-order valence-electron chi connectivity index (χ1n) is 6.37. The molecule has 17 heavy (non-hydrogen) atoms. The van der Waals surface area contributed by atoms with Crippen molar-refractivity contribution in [3.8, 4) is 0 Å². The third kappa shape index (κ3) is 3.83. The molecule has 2 rings (SSSR count). The van der Waals surface area contributed by atoms with Gasteiger partial charge >= 0.3 is 0 Å². The van der Waals surface area contributed by atoms with Gasteiger partial charge in [0.25, 0.3) is 0 Å². The Balaban J connectivity index is 0.00000144. The monoisotopic (exact) mass is 262 g/mol. The Hall–Kier alpha value is -0.320. The van der Waals surface area contributed by atoms with Crippen molar-refractivity contribution < 1.29 is 9.53 Å². The van der Waals surface area contributed by atoms with Crippen molar-refractivity contribution >= 4 is 18.3 Å². The van der Waals surface area contributed by atoms with Crippen molar-refractivity contribution in [2.24, 2.45) is 11.8 Å². The summed E-state index contributed by atoms with van der Waals surface area (Å²) in [5, 5.41) is 3.39. The topological polar surface area (TPSA) is 41.6 Å². The molecular formula is C12H23ClN2O2. The smallest absolute Gasteiger partial charge is 0.222 e. The fourth-order valence-corrected chi connectivity index (χ4v) is 2.69. The van der Waals surface area contributed by atoms with E-state index < -0.39 is 0 Å². The number of hydrogen-bond acceptors (Lipinski definition) is 3. The van der Waals surface area contributed by atoms with Crippen molar-refractivity contribution in [2.75, 3.05) is 39.4 Å². The van der Waals surface area contributed by atoms with Crippen molar-refractivity contribution in [1.29, 1.82) is 0 Å². The number of fused-ring (bicyclic) bond motifs is 1. The van der Waals surface area contributed by atoms with Crippen molar-refractivity contribution in [3.05, 3.63) is 0 Å². The zero-order chi connectivity index (χ0) is 11.4. The predicted molar refractivity (Wildman–Crippen MR) is 69.4 cm³/mol. The molecule has 2 fully saturated rings. The van der Waals surface area contributed by atoms with Gasteiger partial charge in [-0.25, -0.2) is 0 Å². The molecule has 0 aromatic rings. The number of amides is 1. The molecule has 0 aromatic carbocycles. The highest BCUT2D eigenvalue weighted by molar-refractivity contribution is 5.85. The number of carbonyl (C=O) groups excluding carboxylic acids is 1. The van der Waals surface area contributed by atoms with E-state index in [4.69, 9.17) is 4.74 Å². The van der Waals surface area contributed by atoms with Crippen molar-refractivity contribution in [2.45, 2.75) is 19.8 Å². The first kappa shape index (κ1) is 14.7. The molecule has 0 saturated carbocycles. The maximum Gasteiger partial charge on any atom is 0.222 e. The van der Waals surface area contributed by atoms with Crippen LogP contribution in [-0.4, -0.2) is 50.2 Å². The van der Waals surface area contributed by atoms with Crippen molar-refractivity contribution in [1.82, 2.24) is 10.2 Å². The summed E-state index contributed by atoms with van der Waals surface area (Å²) in [6.45, 7) is 7.55. The molecular weight excluding hydrogens is 240 g/mol. The highest BCUT2D eigenvalue weighted by atomic mass is 35.5. The Kier molecular flexibility index (Phi) is 6.23. The standard InChI is InChI=1S/C12H22N2O2.ClH/c1-2-16-5-3-4-12(15)14-8-10-6-13-7-11(10)9-14;/h10-11,13H,2-9H2,1H3;1H/t10-,11+;. The Morgan fingerprint density at radius 2 is 2.00 bits per heavy atom. The van der Waals surface area contributed by atoms with Gasteiger partial charge in [-0.05, 0) is 25.2 Å². The fraction of sp³-hybridized carbons (Fsp3) is 0.917. The zero-order valence-corrected chi connectivity index (χ0v) is 11.3. The number of nitrogens with zero attached hydrogens (tertiary/aromatic N) is 1. The molecule has 100 valence electrons. The molecule has 5 heteroatoms. The Bertz CT molecular complexity index is 239. The van der Waals surface area contributed by atoms with E-state index in [9.17, 15) is 4.79 Å². The molecule has 2 saturated heterocycles. The minimum atomic E-state index is 0. The molecule has 1 amide bonds. The van der Waals surface area contributed by atoms with Crippen LogP contribution in [0.1, 0.15) is 19.8 Å². The molecule has 0 bridgehead atoms. The van der Waals surface area contributed by atoms with E-state index in [1.165, 1.54) is 0 Å². The summed E-state index contributed by atoms with van der Waals surface area (Å²) in [5.41, 5.74) is 0. The molecule has 0 aromatic heterocycles. The summed E-state index contributed by atoms with van der Waals surface area (Å²) in [6.07, 6.45) is 1.50. The maximum atomic E-state index is 11.9. The lowest BCUT2D eigenvalue weighted by molar-refractivity contribution is -0.130. The van der Waals surface area contributed by atoms with Gasteiger partial charge in [0.15, 0.2) is 0 Å². The van der Waals surface area contributed by atoms with Gasteiger partial charge in [0.1, 0.15) is 0 Å². The minimum absolute atomic E-state index is 0. The normalized spacial score (nSPS) is 26.8. The Labute approximate surface area is 109 Å². The van der Waals surface area contributed by atoms with Crippen LogP contribution in [0.15, 0.2) is 0 Å². The van der Waals surface area contributed by atoms with Crippen LogP contribution in [0.3, 0.4) is 0 Å². The lowest BCUT2D eigenvalue weighted by atomic mass is 10.0. The first-order valence-corrected chi connectivity index (χ1v) is 6.37. The second kappa shape index (κ2) is 7.19. The molecule has 4 nitrogen and oxygen atoms in total. The lowest BCUT2D eigenvalue weighted by Crippen LogP contribution is -2.31. The van der Waals surface area contributed by atoms with Crippen LogP contribution >= 0.6 is 12.4 Å². The maximum absolute atomic E-state index is 11.9. The number of likely N-dealkylation sites (tertiary alicyclic amines) is 1. The minimum Gasteiger partial charge on any atom is -0.382 e. The molecule has 1 N–H and O–H groups in total. The van der Waals surface area contributed by atoms with Crippen LogP contribution < -0.4 is 5.32 Å². The van der Waals surface area contributed by atoms with E-state index in [1.54, 1.807) is 0 Å². The van der Waals surface area contributed by atoms with Gasteiger partial charge in [-0.2, -0.15) is 0 Å². The van der Waals surface area contributed by atoms with E-state index in [-0.39, 0.29) is 12.4 Å². The number of carbonyl (C=O) groups is 1. The van der Waals surface area contributed by atoms with Gasteiger partial charge in [0.05, 0.1) is 0 Å². The summed E-state index contributed by atoms with van der Waals surface area (Å²) in [4.78, 5) is 13.9. The average Bonchev–Trinajstić information content (AvgIpc) is 2.83. The number of ether oxygens (including phenoxy) is 1. The summed E-state index contributed by atoms with van der Waals surface area (Å²) in [6, 6.07) is 0. The summed E-state index contributed by atoms with van der Waals surface area (Å²) < 4.78 is 5.24. The van der Waals surface area contributed by atoms with E-state index in [1.807, 2.05) is 11.8 Å². The molecule has 2 atom stereocenters. The molecule has 2 aliphatic heterocycles. The zero-order valence-electron chi connectivity index (χ0n) is 10.5. The molecule has 2 aliphatic rings. The second-order valence-electron chi connectivity index (χ2n) is 4.78. The van der Waals surface area contributed by atoms with E-state index in [0.717, 1.165) is 39.2 Å². The second-order valence-corrected chi connectivity index (χ2v) is 4.78. The molecule has 0 radical (unpaired) electrons. The highest BCUT2D eigenvalue weighted by Gasteiger charge is 2.37. The number of hydrogen-bond donors (Lipinski definition) is 1. The molecule has 0 aliphatic carbocycles. The number of nitrogens with one attached hydrogen (secondary N) is 1. The summed E-state index contributed by atoms with van der Waals surface area (Å²) in [7, 11) is 0. The Morgan fingerprint density at radius 3 is 2.59 bits per heavy atom.